The number of hydrogen-bond donors (Lipinski definition) is 1. The fraction of sp³-hybridized carbons (Fsp3) is 0.300. The quantitative estimate of drug-likeness (QED) is 0.912. The number of carbonyl (C=O) groups excluding carboxylic acids is 2. The summed E-state index contributed by atoms with van der Waals surface area (Å²) in [5.41, 5.74) is 2.49. The molecule has 1 heterocycles. The van der Waals surface area contributed by atoms with E-state index >= 15 is 0 Å². The Morgan fingerprint density at radius 3 is 2.60 bits per heavy atom. The van der Waals surface area contributed by atoms with Crippen LogP contribution in [0.25, 0.3) is 0 Å². The fourth-order valence-electron chi connectivity index (χ4n) is 3.09. The molecule has 5 heteroatoms. The number of nitrogens with zero attached hydrogens (tertiary/aromatic N) is 1. The van der Waals surface area contributed by atoms with E-state index in [0.717, 1.165) is 17.0 Å². The standard InChI is InChI=1S/C20H22N2O3/c1-14-5-3-4-6-18(14)20(24)21-12-15-11-19(23)22(13-15)16-7-9-17(25-2)10-8-16/h3-10,15H,11-13H2,1-2H3,(H,21,24). The Hall–Kier alpha value is -2.82. The molecule has 3 rings (SSSR count). The first-order valence-corrected chi connectivity index (χ1v) is 8.36. The molecule has 1 N–H and O–H groups in total. The summed E-state index contributed by atoms with van der Waals surface area (Å²) in [5, 5.41) is 2.95. The van der Waals surface area contributed by atoms with Crippen molar-refractivity contribution in [3.8, 4) is 5.75 Å². The SMILES string of the molecule is COc1ccc(N2CC(CNC(=O)c3ccccc3C)CC2=O)cc1. The van der Waals surface area contributed by atoms with Gasteiger partial charge in [-0.15, -0.1) is 0 Å². The minimum atomic E-state index is -0.0894. The van der Waals surface area contributed by atoms with Crippen molar-refractivity contribution in [1.82, 2.24) is 5.32 Å². The molecule has 25 heavy (non-hydrogen) atoms. The summed E-state index contributed by atoms with van der Waals surface area (Å²) in [5.74, 6) is 0.869. The Kier molecular flexibility index (Phi) is 5.03. The Balaban J connectivity index is 1.59. The molecule has 2 aromatic rings. The number of methoxy groups -OCH3 is 1. The second-order valence-electron chi connectivity index (χ2n) is 6.30. The number of rotatable bonds is 5. The van der Waals surface area contributed by atoms with Crippen molar-refractivity contribution in [2.24, 2.45) is 5.92 Å². The Labute approximate surface area is 147 Å². The highest BCUT2D eigenvalue weighted by Crippen LogP contribution is 2.26. The van der Waals surface area contributed by atoms with Crippen LogP contribution in [0, 0.1) is 12.8 Å². The van der Waals surface area contributed by atoms with Gasteiger partial charge in [-0.1, -0.05) is 18.2 Å². The van der Waals surface area contributed by atoms with E-state index in [9.17, 15) is 9.59 Å². The lowest BCUT2D eigenvalue weighted by atomic mass is 10.1. The van der Waals surface area contributed by atoms with E-state index in [0.29, 0.717) is 25.1 Å². The second-order valence-corrected chi connectivity index (χ2v) is 6.30. The van der Waals surface area contributed by atoms with Gasteiger partial charge in [-0.05, 0) is 42.8 Å². The third kappa shape index (κ3) is 3.82. The molecule has 2 amide bonds. The van der Waals surface area contributed by atoms with Gasteiger partial charge in [0.2, 0.25) is 5.91 Å². The number of carbonyl (C=O) groups is 2. The summed E-state index contributed by atoms with van der Waals surface area (Å²) < 4.78 is 5.15. The number of nitrogens with one attached hydrogen (secondary N) is 1. The van der Waals surface area contributed by atoms with Gasteiger partial charge in [0.05, 0.1) is 7.11 Å². The van der Waals surface area contributed by atoms with Gasteiger partial charge >= 0.3 is 0 Å². The first-order chi connectivity index (χ1) is 12.1. The van der Waals surface area contributed by atoms with Crippen molar-refractivity contribution >= 4 is 17.5 Å². The van der Waals surface area contributed by atoms with Crippen LogP contribution in [0.3, 0.4) is 0 Å². The maximum atomic E-state index is 12.3. The van der Waals surface area contributed by atoms with Crippen molar-refractivity contribution in [2.75, 3.05) is 25.1 Å². The van der Waals surface area contributed by atoms with Crippen molar-refractivity contribution in [2.45, 2.75) is 13.3 Å². The maximum Gasteiger partial charge on any atom is 0.251 e. The van der Waals surface area contributed by atoms with E-state index < -0.39 is 0 Å². The molecule has 1 aliphatic rings. The molecule has 1 fully saturated rings. The van der Waals surface area contributed by atoms with Crippen LogP contribution in [0.4, 0.5) is 5.69 Å². The first-order valence-electron chi connectivity index (χ1n) is 8.36. The third-order valence-electron chi connectivity index (χ3n) is 4.53. The van der Waals surface area contributed by atoms with Crippen molar-refractivity contribution < 1.29 is 14.3 Å². The molecule has 1 unspecified atom stereocenters. The number of ether oxygens (including phenoxy) is 1. The number of amides is 2. The topological polar surface area (TPSA) is 58.6 Å². The number of benzene rings is 2. The predicted molar refractivity (Wildman–Crippen MR) is 97.0 cm³/mol. The molecule has 2 aromatic carbocycles. The Bertz CT molecular complexity index is 771. The lowest BCUT2D eigenvalue weighted by Gasteiger charge is -2.17. The zero-order chi connectivity index (χ0) is 17.8. The first kappa shape index (κ1) is 17.0. The largest absolute Gasteiger partial charge is 0.497 e. The fourth-order valence-corrected chi connectivity index (χ4v) is 3.09. The summed E-state index contributed by atoms with van der Waals surface area (Å²) in [7, 11) is 1.61. The highest BCUT2D eigenvalue weighted by atomic mass is 16.5. The molecule has 0 aromatic heterocycles. The highest BCUT2D eigenvalue weighted by Gasteiger charge is 2.30. The van der Waals surface area contributed by atoms with E-state index in [1.54, 1.807) is 12.0 Å². The minimum Gasteiger partial charge on any atom is -0.497 e. The van der Waals surface area contributed by atoms with Crippen molar-refractivity contribution in [1.29, 1.82) is 0 Å². The van der Waals surface area contributed by atoms with E-state index in [1.807, 2.05) is 55.5 Å². The zero-order valence-electron chi connectivity index (χ0n) is 14.5. The molecular formula is C20H22N2O3. The average molecular weight is 338 g/mol. The zero-order valence-corrected chi connectivity index (χ0v) is 14.5. The molecule has 1 aliphatic heterocycles. The van der Waals surface area contributed by atoms with Crippen LogP contribution >= 0.6 is 0 Å². The van der Waals surface area contributed by atoms with E-state index in [-0.39, 0.29) is 17.7 Å². The molecular weight excluding hydrogens is 316 g/mol. The molecule has 0 bridgehead atoms. The molecule has 0 aliphatic carbocycles. The minimum absolute atomic E-state index is 0.0836. The van der Waals surface area contributed by atoms with Gasteiger partial charge in [0.25, 0.3) is 5.91 Å². The van der Waals surface area contributed by atoms with Crippen LogP contribution < -0.4 is 15.0 Å². The van der Waals surface area contributed by atoms with Crippen LogP contribution in [0.5, 0.6) is 5.75 Å². The number of anilines is 1. The Morgan fingerprint density at radius 1 is 1.20 bits per heavy atom. The van der Waals surface area contributed by atoms with Crippen molar-refractivity contribution in [3.63, 3.8) is 0 Å². The van der Waals surface area contributed by atoms with Gasteiger partial charge in [0.15, 0.2) is 0 Å². The molecule has 0 radical (unpaired) electrons. The van der Waals surface area contributed by atoms with Gasteiger partial charge in [-0.25, -0.2) is 0 Å². The second kappa shape index (κ2) is 7.38. The third-order valence-corrected chi connectivity index (χ3v) is 4.53. The summed E-state index contributed by atoms with van der Waals surface area (Å²) in [6, 6.07) is 14.9. The Morgan fingerprint density at radius 2 is 1.92 bits per heavy atom. The average Bonchev–Trinajstić information content (AvgIpc) is 3.01. The summed E-state index contributed by atoms with van der Waals surface area (Å²) in [6.07, 6.45) is 0.445. The summed E-state index contributed by atoms with van der Waals surface area (Å²) in [6.45, 7) is 3.02. The molecule has 5 nitrogen and oxygen atoms in total. The number of aryl methyl sites for hydroxylation is 1. The van der Waals surface area contributed by atoms with Gasteiger partial charge in [-0.3, -0.25) is 9.59 Å². The summed E-state index contributed by atoms with van der Waals surface area (Å²) >= 11 is 0. The van der Waals surface area contributed by atoms with Gasteiger partial charge in [0.1, 0.15) is 5.75 Å². The maximum absolute atomic E-state index is 12.3. The summed E-state index contributed by atoms with van der Waals surface area (Å²) in [4.78, 5) is 26.4. The smallest absolute Gasteiger partial charge is 0.251 e. The predicted octanol–water partition coefficient (Wildman–Crippen LogP) is 2.79. The van der Waals surface area contributed by atoms with Gasteiger partial charge < -0.3 is 15.0 Å². The lowest BCUT2D eigenvalue weighted by Crippen LogP contribution is -2.31. The van der Waals surface area contributed by atoms with E-state index in [1.165, 1.54) is 0 Å². The van der Waals surface area contributed by atoms with E-state index in [2.05, 4.69) is 5.32 Å². The molecule has 1 saturated heterocycles. The van der Waals surface area contributed by atoms with Gasteiger partial charge in [-0.2, -0.15) is 0 Å². The monoisotopic (exact) mass is 338 g/mol. The highest BCUT2D eigenvalue weighted by molar-refractivity contribution is 5.97. The van der Waals surface area contributed by atoms with Crippen LogP contribution in [0.2, 0.25) is 0 Å². The van der Waals surface area contributed by atoms with Crippen LogP contribution in [-0.4, -0.2) is 32.0 Å². The molecule has 130 valence electrons. The number of hydrogen-bond acceptors (Lipinski definition) is 3. The normalized spacial score (nSPS) is 16.8. The van der Waals surface area contributed by atoms with Crippen molar-refractivity contribution in [3.05, 3.63) is 59.7 Å². The van der Waals surface area contributed by atoms with Crippen LogP contribution in [0.1, 0.15) is 22.3 Å². The van der Waals surface area contributed by atoms with Gasteiger partial charge in [0, 0.05) is 36.7 Å². The lowest BCUT2D eigenvalue weighted by molar-refractivity contribution is -0.117. The van der Waals surface area contributed by atoms with E-state index in [4.69, 9.17) is 4.74 Å². The van der Waals surface area contributed by atoms with Crippen LogP contribution in [0.15, 0.2) is 48.5 Å². The van der Waals surface area contributed by atoms with Crippen LogP contribution in [-0.2, 0) is 4.79 Å². The molecule has 1 atom stereocenters. The molecule has 0 spiro atoms. The molecule has 0 saturated carbocycles.